The molecule has 0 rings (SSSR count). The molecule has 0 spiro atoms. The average molecular weight is 259 g/mol. The predicted octanol–water partition coefficient (Wildman–Crippen LogP) is 4.89. The van der Waals surface area contributed by atoms with E-state index in [1.807, 2.05) is 6.08 Å². The topological polar surface area (TPSA) is 40.9 Å². The van der Waals surface area contributed by atoms with Crippen LogP contribution in [0.5, 0.6) is 0 Å². The lowest BCUT2D eigenvalue weighted by Crippen LogP contribution is -1.83. The molecule has 0 aromatic carbocycles. The van der Waals surface area contributed by atoms with E-state index < -0.39 is 0 Å². The monoisotopic (exact) mass is 259 g/mol. The largest absolute Gasteiger partial charge is 0.303 e. The standard InChI is InChI=1S/C17H25NO/c1-15(2)8-6-9-16(3)10-7-12-17(14-18)11-4-5-13-19/h8,10-11,13H,4-7,9,12H2,1-3H3/b16-10+,17-11-. The zero-order valence-corrected chi connectivity index (χ0v) is 12.4. The Morgan fingerprint density at radius 3 is 2.21 bits per heavy atom. The molecule has 0 amide bonds. The Balaban J connectivity index is 4.03. The first kappa shape index (κ1) is 17.4. The van der Waals surface area contributed by atoms with Crippen molar-refractivity contribution in [3.05, 3.63) is 34.9 Å². The minimum atomic E-state index is 0.503. The maximum atomic E-state index is 10.2. The van der Waals surface area contributed by atoms with E-state index >= 15 is 0 Å². The fraction of sp³-hybridized carbons (Fsp3) is 0.529. The molecule has 0 saturated carbocycles. The Labute approximate surface area is 117 Å². The van der Waals surface area contributed by atoms with Crippen LogP contribution in [0.4, 0.5) is 0 Å². The van der Waals surface area contributed by atoms with Gasteiger partial charge in [-0.2, -0.15) is 5.26 Å². The van der Waals surface area contributed by atoms with Crippen molar-refractivity contribution in [3.63, 3.8) is 0 Å². The summed E-state index contributed by atoms with van der Waals surface area (Å²) in [5, 5.41) is 8.96. The smallest absolute Gasteiger partial charge is 0.120 e. The second kappa shape index (κ2) is 11.5. The SMILES string of the molecule is CC(C)=CCC/C(C)=C/CC/C(C#N)=C/CCC=O. The number of allylic oxidation sites excluding steroid dienone is 6. The lowest BCUT2D eigenvalue weighted by atomic mass is 10.1. The van der Waals surface area contributed by atoms with Crippen LogP contribution < -0.4 is 0 Å². The van der Waals surface area contributed by atoms with Gasteiger partial charge in [0.25, 0.3) is 0 Å². The minimum Gasteiger partial charge on any atom is -0.303 e. The summed E-state index contributed by atoms with van der Waals surface area (Å²) < 4.78 is 0. The van der Waals surface area contributed by atoms with Gasteiger partial charge in [-0.1, -0.05) is 29.4 Å². The number of hydrogen-bond acceptors (Lipinski definition) is 2. The molecule has 0 bridgehead atoms. The zero-order valence-electron chi connectivity index (χ0n) is 12.4. The van der Waals surface area contributed by atoms with Crippen LogP contribution in [-0.4, -0.2) is 6.29 Å². The van der Waals surface area contributed by atoms with Gasteiger partial charge in [0.15, 0.2) is 0 Å². The Bertz CT molecular complexity index is 390. The van der Waals surface area contributed by atoms with Crippen LogP contribution in [0.3, 0.4) is 0 Å². The molecule has 104 valence electrons. The molecule has 0 aromatic heterocycles. The van der Waals surface area contributed by atoms with Crippen LogP contribution in [0.15, 0.2) is 34.9 Å². The maximum Gasteiger partial charge on any atom is 0.120 e. The molecule has 0 N–H and O–H groups in total. The van der Waals surface area contributed by atoms with E-state index in [4.69, 9.17) is 5.26 Å². The molecule has 0 aliphatic carbocycles. The van der Waals surface area contributed by atoms with Gasteiger partial charge in [-0.3, -0.25) is 0 Å². The fourth-order valence-corrected chi connectivity index (χ4v) is 1.69. The van der Waals surface area contributed by atoms with Crippen molar-refractivity contribution < 1.29 is 4.79 Å². The number of carbonyl (C=O) groups is 1. The third kappa shape index (κ3) is 11.2. The summed E-state index contributed by atoms with van der Waals surface area (Å²) in [4.78, 5) is 10.2. The third-order valence-corrected chi connectivity index (χ3v) is 2.82. The van der Waals surface area contributed by atoms with E-state index in [-0.39, 0.29) is 0 Å². The number of hydrogen-bond donors (Lipinski definition) is 0. The molecule has 0 heterocycles. The van der Waals surface area contributed by atoms with E-state index in [1.165, 1.54) is 11.1 Å². The van der Waals surface area contributed by atoms with E-state index in [1.54, 1.807) is 0 Å². The molecule has 0 radical (unpaired) electrons. The van der Waals surface area contributed by atoms with Gasteiger partial charge >= 0.3 is 0 Å². The van der Waals surface area contributed by atoms with E-state index in [9.17, 15) is 4.79 Å². The molecule has 0 saturated heterocycles. The molecule has 0 aliphatic heterocycles. The lowest BCUT2D eigenvalue weighted by molar-refractivity contribution is -0.107. The van der Waals surface area contributed by atoms with Gasteiger partial charge in [-0.05, 0) is 52.9 Å². The Morgan fingerprint density at radius 1 is 0.947 bits per heavy atom. The molecule has 0 aromatic rings. The summed E-state index contributed by atoms with van der Waals surface area (Å²) in [6, 6.07) is 2.20. The zero-order chi connectivity index (χ0) is 14.5. The second-order valence-electron chi connectivity index (χ2n) is 4.99. The molecule has 2 heteroatoms. The summed E-state index contributed by atoms with van der Waals surface area (Å²) in [7, 11) is 0. The van der Waals surface area contributed by atoms with Gasteiger partial charge in [0.2, 0.25) is 0 Å². The lowest BCUT2D eigenvalue weighted by Gasteiger charge is -2.00. The van der Waals surface area contributed by atoms with E-state index in [2.05, 4.69) is 39.0 Å². The Morgan fingerprint density at radius 2 is 1.63 bits per heavy atom. The molecule has 0 atom stereocenters. The fourth-order valence-electron chi connectivity index (χ4n) is 1.69. The Kier molecular flexibility index (Phi) is 10.5. The minimum absolute atomic E-state index is 0.503. The van der Waals surface area contributed by atoms with E-state index in [0.717, 1.165) is 37.5 Å². The summed E-state index contributed by atoms with van der Waals surface area (Å²) in [5.74, 6) is 0. The number of nitriles is 1. The van der Waals surface area contributed by atoms with Gasteiger partial charge in [-0.25, -0.2) is 0 Å². The highest BCUT2D eigenvalue weighted by atomic mass is 16.1. The van der Waals surface area contributed by atoms with E-state index in [0.29, 0.717) is 12.8 Å². The predicted molar refractivity (Wildman–Crippen MR) is 80.7 cm³/mol. The Hall–Kier alpha value is -1.62. The van der Waals surface area contributed by atoms with Crippen molar-refractivity contribution >= 4 is 6.29 Å². The molecule has 19 heavy (non-hydrogen) atoms. The van der Waals surface area contributed by atoms with Crippen LogP contribution >= 0.6 is 0 Å². The van der Waals surface area contributed by atoms with Gasteiger partial charge < -0.3 is 4.79 Å². The highest BCUT2D eigenvalue weighted by Gasteiger charge is 1.95. The van der Waals surface area contributed by atoms with Crippen molar-refractivity contribution in [2.24, 2.45) is 0 Å². The summed E-state index contributed by atoms with van der Waals surface area (Å²) >= 11 is 0. The summed E-state index contributed by atoms with van der Waals surface area (Å²) in [5.41, 5.74) is 3.52. The van der Waals surface area contributed by atoms with Gasteiger partial charge in [0, 0.05) is 12.0 Å². The highest BCUT2D eigenvalue weighted by molar-refractivity contribution is 5.49. The summed E-state index contributed by atoms with van der Waals surface area (Å²) in [6.07, 6.45) is 12.3. The van der Waals surface area contributed by atoms with Gasteiger partial charge in [-0.15, -0.1) is 0 Å². The van der Waals surface area contributed by atoms with Crippen LogP contribution in [0, 0.1) is 11.3 Å². The number of nitrogens with zero attached hydrogens (tertiary/aromatic N) is 1. The van der Waals surface area contributed by atoms with Crippen molar-refractivity contribution in [3.8, 4) is 6.07 Å². The van der Waals surface area contributed by atoms with Crippen molar-refractivity contribution in [2.45, 2.75) is 59.3 Å². The van der Waals surface area contributed by atoms with Crippen LogP contribution in [0.25, 0.3) is 0 Å². The quantitative estimate of drug-likeness (QED) is 0.256. The molecular weight excluding hydrogens is 234 g/mol. The number of unbranched alkanes of at least 4 members (excludes halogenated alkanes) is 1. The molecule has 0 unspecified atom stereocenters. The number of carbonyl (C=O) groups excluding carboxylic acids is 1. The van der Waals surface area contributed by atoms with Crippen molar-refractivity contribution in [1.29, 1.82) is 5.26 Å². The molecular formula is C17H25NO. The summed E-state index contributed by atoms with van der Waals surface area (Å²) in [6.45, 7) is 6.37. The number of rotatable bonds is 9. The van der Waals surface area contributed by atoms with Gasteiger partial charge in [0.05, 0.1) is 6.07 Å². The van der Waals surface area contributed by atoms with Crippen molar-refractivity contribution in [2.75, 3.05) is 0 Å². The molecule has 0 fully saturated rings. The normalized spacial score (nSPS) is 11.9. The maximum absolute atomic E-state index is 10.2. The highest BCUT2D eigenvalue weighted by Crippen LogP contribution is 2.11. The van der Waals surface area contributed by atoms with Crippen LogP contribution in [-0.2, 0) is 4.79 Å². The van der Waals surface area contributed by atoms with Crippen LogP contribution in [0.1, 0.15) is 59.3 Å². The first-order valence-electron chi connectivity index (χ1n) is 6.92. The first-order chi connectivity index (χ1) is 9.10. The first-order valence-corrected chi connectivity index (χ1v) is 6.92. The third-order valence-electron chi connectivity index (χ3n) is 2.82. The van der Waals surface area contributed by atoms with Crippen LogP contribution in [0.2, 0.25) is 0 Å². The number of aldehydes is 1. The van der Waals surface area contributed by atoms with Gasteiger partial charge in [0.1, 0.15) is 6.29 Å². The second-order valence-corrected chi connectivity index (χ2v) is 4.99. The molecule has 2 nitrogen and oxygen atoms in total. The van der Waals surface area contributed by atoms with Crippen molar-refractivity contribution in [1.82, 2.24) is 0 Å². The average Bonchev–Trinajstić information content (AvgIpc) is 2.36. The molecule has 0 aliphatic rings.